The Kier molecular flexibility index (Phi) is 4.36. The predicted octanol–water partition coefficient (Wildman–Crippen LogP) is 3.75. The fourth-order valence-corrected chi connectivity index (χ4v) is 2.83. The summed E-state index contributed by atoms with van der Waals surface area (Å²) in [6.45, 7) is 1.73. The van der Waals surface area contributed by atoms with E-state index in [1.165, 1.54) is 4.57 Å². The molecule has 2 aromatic carbocycles. The number of carboxylic acids is 1. The van der Waals surface area contributed by atoms with Gasteiger partial charge in [0.25, 0.3) is 5.56 Å². The van der Waals surface area contributed by atoms with Crippen molar-refractivity contribution in [2.24, 2.45) is 0 Å². The predicted molar refractivity (Wildman–Crippen MR) is 93.4 cm³/mol. The average molecular weight is 343 g/mol. The summed E-state index contributed by atoms with van der Waals surface area (Å²) in [6, 6.07) is 12.8. The van der Waals surface area contributed by atoms with Crippen molar-refractivity contribution < 1.29 is 9.90 Å². The van der Waals surface area contributed by atoms with E-state index in [9.17, 15) is 14.7 Å². The topological polar surface area (TPSA) is 72.2 Å². The molecule has 1 atom stereocenters. The minimum Gasteiger partial charge on any atom is -0.480 e. The smallest absolute Gasteiger partial charge is 0.326 e. The molecule has 0 saturated heterocycles. The molecule has 0 amide bonds. The summed E-state index contributed by atoms with van der Waals surface area (Å²) in [7, 11) is 0. The highest BCUT2D eigenvalue weighted by atomic mass is 35.5. The largest absolute Gasteiger partial charge is 0.480 e. The Morgan fingerprint density at radius 2 is 1.88 bits per heavy atom. The number of para-hydroxylation sites is 1. The Balaban J connectivity index is 2.39. The molecule has 1 N–H and O–H groups in total. The fourth-order valence-electron chi connectivity index (χ4n) is 2.71. The van der Waals surface area contributed by atoms with Gasteiger partial charge in [-0.15, -0.1) is 0 Å². The summed E-state index contributed by atoms with van der Waals surface area (Å²) in [5.41, 5.74) is 0.811. The van der Waals surface area contributed by atoms with Crippen LogP contribution in [0.25, 0.3) is 22.3 Å². The van der Waals surface area contributed by atoms with E-state index in [1.807, 2.05) is 0 Å². The van der Waals surface area contributed by atoms with Gasteiger partial charge in [0.1, 0.15) is 11.9 Å². The van der Waals surface area contributed by atoms with Gasteiger partial charge in [-0.1, -0.05) is 30.7 Å². The molecule has 5 nitrogen and oxygen atoms in total. The monoisotopic (exact) mass is 342 g/mol. The van der Waals surface area contributed by atoms with Gasteiger partial charge in [0.05, 0.1) is 10.9 Å². The third-order valence-electron chi connectivity index (χ3n) is 3.89. The van der Waals surface area contributed by atoms with E-state index < -0.39 is 12.0 Å². The van der Waals surface area contributed by atoms with Crippen LogP contribution >= 0.6 is 11.6 Å². The number of halogens is 1. The van der Waals surface area contributed by atoms with Crippen LogP contribution in [0, 0.1) is 0 Å². The molecule has 3 aromatic rings. The third kappa shape index (κ3) is 2.78. The molecule has 0 fully saturated rings. The number of fused-ring (bicyclic) bond motifs is 1. The number of carboxylic acid groups (broad SMARTS) is 1. The maximum atomic E-state index is 12.9. The van der Waals surface area contributed by atoms with Gasteiger partial charge in [0.15, 0.2) is 0 Å². The first-order chi connectivity index (χ1) is 11.5. The highest BCUT2D eigenvalue weighted by molar-refractivity contribution is 6.30. The van der Waals surface area contributed by atoms with E-state index in [4.69, 9.17) is 11.6 Å². The van der Waals surface area contributed by atoms with Gasteiger partial charge >= 0.3 is 5.97 Å². The number of benzene rings is 2. The minimum absolute atomic E-state index is 0.274. The fraction of sp³-hybridized carbons (Fsp3) is 0.167. The molecule has 6 heteroatoms. The molecule has 1 unspecified atom stereocenters. The van der Waals surface area contributed by atoms with Crippen LogP contribution in [0.5, 0.6) is 0 Å². The molecule has 0 radical (unpaired) electrons. The third-order valence-corrected chi connectivity index (χ3v) is 4.15. The number of hydrogen-bond donors (Lipinski definition) is 1. The summed E-state index contributed by atoms with van der Waals surface area (Å²) in [5.74, 6) is -0.739. The van der Waals surface area contributed by atoms with Crippen molar-refractivity contribution >= 4 is 28.5 Å². The second-order valence-electron chi connectivity index (χ2n) is 5.40. The van der Waals surface area contributed by atoms with Crippen molar-refractivity contribution in [1.82, 2.24) is 9.55 Å². The van der Waals surface area contributed by atoms with Gasteiger partial charge in [-0.05, 0) is 42.8 Å². The minimum atomic E-state index is -1.06. The van der Waals surface area contributed by atoms with E-state index >= 15 is 0 Å². The van der Waals surface area contributed by atoms with Crippen molar-refractivity contribution in [2.45, 2.75) is 19.4 Å². The molecule has 0 aliphatic heterocycles. The lowest BCUT2D eigenvalue weighted by molar-refractivity contribution is -0.141. The van der Waals surface area contributed by atoms with E-state index in [0.29, 0.717) is 27.3 Å². The number of hydrogen-bond acceptors (Lipinski definition) is 3. The van der Waals surface area contributed by atoms with Gasteiger partial charge in [-0.2, -0.15) is 0 Å². The zero-order chi connectivity index (χ0) is 17.3. The number of nitrogens with zero attached hydrogens (tertiary/aromatic N) is 2. The van der Waals surface area contributed by atoms with Crippen molar-refractivity contribution in [1.29, 1.82) is 0 Å². The molecular weight excluding hydrogens is 328 g/mol. The van der Waals surface area contributed by atoms with Crippen LogP contribution in [0.4, 0.5) is 0 Å². The molecule has 1 aromatic heterocycles. The lowest BCUT2D eigenvalue weighted by atomic mass is 10.1. The number of carbonyl (C=O) groups is 1. The maximum Gasteiger partial charge on any atom is 0.326 e. The standard InChI is InChI=1S/C18H15ClN2O3/c1-2-15(18(23)24)21-16(11-7-9-12(19)10-8-11)20-14-6-4-3-5-13(14)17(21)22/h3-10,15H,2H2,1H3,(H,23,24). The van der Waals surface area contributed by atoms with E-state index in [1.54, 1.807) is 55.5 Å². The Labute approximate surface area is 143 Å². The summed E-state index contributed by atoms with van der Waals surface area (Å²) in [5, 5.41) is 10.5. The first kappa shape index (κ1) is 16.2. The van der Waals surface area contributed by atoms with Crippen molar-refractivity contribution in [3.05, 3.63) is 63.9 Å². The van der Waals surface area contributed by atoms with Crippen LogP contribution in [-0.4, -0.2) is 20.6 Å². The van der Waals surface area contributed by atoms with E-state index in [2.05, 4.69) is 4.98 Å². The molecule has 1 heterocycles. The van der Waals surface area contributed by atoms with Crippen molar-refractivity contribution in [3.63, 3.8) is 0 Å². The van der Waals surface area contributed by atoms with Gasteiger partial charge in [0, 0.05) is 10.6 Å². The number of aromatic nitrogens is 2. The molecule has 0 spiro atoms. The molecule has 122 valence electrons. The molecule has 3 rings (SSSR count). The van der Waals surface area contributed by atoms with E-state index in [-0.39, 0.29) is 12.0 Å². The van der Waals surface area contributed by atoms with Crippen LogP contribution < -0.4 is 5.56 Å². The number of aliphatic carboxylic acids is 1. The normalized spacial score (nSPS) is 12.2. The van der Waals surface area contributed by atoms with Gasteiger partial charge in [0.2, 0.25) is 0 Å². The highest BCUT2D eigenvalue weighted by Gasteiger charge is 2.24. The first-order valence-corrected chi connectivity index (χ1v) is 7.90. The van der Waals surface area contributed by atoms with Crippen LogP contribution in [0.3, 0.4) is 0 Å². The number of rotatable bonds is 4. The van der Waals surface area contributed by atoms with E-state index in [0.717, 1.165) is 0 Å². The second-order valence-corrected chi connectivity index (χ2v) is 5.83. The van der Waals surface area contributed by atoms with Crippen LogP contribution in [0.1, 0.15) is 19.4 Å². The summed E-state index contributed by atoms with van der Waals surface area (Å²) < 4.78 is 1.26. The Morgan fingerprint density at radius 1 is 1.21 bits per heavy atom. The summed E-state index contributed by atoms with van der Waals surface area (Å²) in [4.78, 5) is 29.1. The Hall–Kier alpha value is -2.66. The maximum absolute atomic E-state index is 12.9. The molecule has 24 heavy (non-hydrogen) atoms. The average Bonchev–Trinajstić information content (AvgIpc) is 2.58. The van der Waals surface area contributed by atoms with Gasteiger partial charge in [-0.25, -0.2) is 9.78 Å². The molecule has 0 aliphatic rings. The lowest BCUT2D eigenvalue weighted by Gasteiger charge is -2.19. The van der Waals surface area contributed by atoms with Crippen LogP contribution in [-0.2, 0) is 4.79 Å². The van der Waals surface area contributed by atoms with Crippen LogP contribution in [0.2, 0.25) is 5.02 Å². The van der Waals surface area contributed by atoms with Gasteiger partial charge in [-0.3, -0.25) is 9.36 Å². The summed E-state index contributed by atoms with van der Waals surface area (Å²) in [6.07, 6.45) is 0.274. The molecule has 0 saturated carbocycles. The Bertz CT molecular complexity index is 964. The zero-order valence-electron chi connectivity index (χ0n) is 12.9. The first-order valence-electron chi connectivity index (χ1n) is 7.53. The van der Waals surface area contributed by atoms with Crippen molar-refractivity contribution in [3.8, 4) is 11.4 Å². The molecule has 0 aliphatic carbocycles. The second kappa shape index (κ2) is 6.45. The molecular formula is C18H15ClN2O3. The van der Waals surface area contributed by atoms with Crippen LogP contribution in [0.15, 0.2) is 53.3 Å². The quantitative estimate of drug-likeness (QED) is 0.783. The van der Waals surface area contributed by atoms with Gasteiger partial charge < -0.3 is 5.11 Å². The van der Waals surface area contributed by atoms with Crippen molar-refractivity contribution in [2.75, 3.05) is 0 Å². The Morgan fingerprint density at radius 3 is 2.50 bits per heavy atom. The SMILES string of the molecule is CCC(C(=O)O)n1c(-c2ccc(Cl)cc2)nc2ccccc2c1=O. The highest BCUT2D eigenvalue weighted by Crippen LogP contribution is 2.24. The lowest BCUT2D eigenvalue weighted by Crippen LogP contribution is -2.31. The zero-order valence-corrected chi connectivity index (χ0v) is 13.7. The molecule has 0 bridgehead atoms. The summed E-state index contributed by atoms with van der Waals surface area (Å²) >= 11 is 5.92.